The van der Waals surface area contributed by atoms with Gasteiger partial charge in [-0.1, -0.05) is 19.9 Å². The van der Waals surface area contributed by atoms with Gasteiger partial charge in [0, 0.05) is 25.3 Å². The van der Waals surface area contributed by atoms with E-state index in [2.05, 4.69) is 48.3 Å². The highest BCUT2D eigenvalue weighted by atomic mass is 16.5. The third-order valence-corrected chi connectivity index (χ3v) is 6.04. The summed E-state index contributed by atoms with van der Waals surface area (Å²) in [4.78, 5) is 14.4. The number of carbonyl (C=O) groups excluding carboxylic acids is 1. The molecular weight excluding hydrogens is 418 g/mol. The van der Waals surface area contributed by atoms with Crippen molar-refractivity contribution in [2.45, 2.75) is 32.2 Å². The molecule has 1 heterocycles. The monoisotopic (exact) mass is 451 g/mol. The van der Waals surface area contributed by atoms with Gasteiger partial charge in [-0.15, -0.1) is 0 Å². The third kappa shape index (κ3) is 6.25. The molecule has 176 valence electrons. The maximum absolute atomic E-state index is 12.0. The van der Waals surface area contributed by atoms with Crippen molar-refractivity contribution in [3.63, 3.8) is 0 Å². The van der Waals surface area contributed by atoms with Gasteiger partial charge in [-0.3, -0.25) is 4.79 Å². The molecule has 0 saturated carbocycles. The highest BCUT2D eigenvalue weighted by Gasteiger charge is 2.28. The Hall–Kier alpha value is -3.08. The Kier molecular flexibility index (Phi) is 8.70. The number of anilines is 3. The molecule has 3 rings (SSSR count). The van der Waals surface area contributed by atoms with Gasteiger partial charge in [0.1, 0.15) is 0 Å². The van der Waals surface area contributed by atoms with Crippen LogP contribution in [0.15, 0.2) is 42.5 Å². The van der Waals surface area contributed by atoms with Crippen LogP contribution in [0.4, 0.5) is 17.1 Å². The first kappa shape index (κ1) is 24.6. The van der Waals surface area contributed by atoms with E-state index in [-0.39, 0.29) is 24.3 Å². The number of nitrogens with one attached hydrogen (secondary N) is 1. The van der Waals surface area contributed by atoms with Crippen molar-refractivity contribution in [3.05, 3.63) is 53.6 Å². The molecule has 0 aliphatic carbocycles. The molecule has 7 heteroatoms. The molecule has 0 amide bonds. The molecule has 1 saturated heterocycles. The fraction of sp³-hybridized carbons (Fsp3) is 0.462. The predicted molar refractivity (Wildman–Crippen MR) is 129 cm³/mol. The molecule has 33 heavy (non-hydrogen) atoms. The number of benzene rings is 2. The van der Waals surface area contributed by atoms with Crippen LogP contribution in [-0.2, 0) is 19.0 Å². The zero-order chi connectivity index (χ0) is 23.8. The Labute approximate surface area is 196 Å². The van der Waals surface area contributed by atoms with Crippen LogP contribution < -0.4 is 10.2 Å². The summed E-state index contributed by atoms with van der Waals surface area (Å²) in [6.45, 7) is 6.99. The van der Waals surface area contributed by atoms with Crippen molar-refractivity contribution < 1.29 is 19.0 Å². The number of hydrogen-bond acceptors (Lipinski definition) is 7. The van der Waals surface area contributed by atoms with Gasteiger partial charge in [0.25, 0.3) is 0 Å². The molecule has 0 aromatic heterocycles. The average molecular weight is 452 g/mol. The summed E-state index contributed by atoms with van der Waals surface area (Å²) < 4.78 is 16.1. The van der Waals surface area contributed by atoms with E-state index >= 15 is 0 Å². The second-order valence-corrected chi connectivity index (χ2v) is 8.60. The SMILES string of the molecule is COCC(CC(=O)OC)c1ccc(N2CCOC[C@H]2C(C)C)c(Nc2ccc(C#N)cc2)c1. The summed E-state index contributed by atoms with van der Waals surface area (Å²) in [6.07, 6.45) is 0.242. The van der Waals surface area contributed by atoms with Crippen LogP contribution in [0.2, 0.25) is 0 Å². The van der Waals surface area contributed by atoms with Crippen LogP contribution in [0.1, 0.15) is 37.3 Å². The van der Waals surface area contributed by atoms with Crippen LogP contribution in [0.25, 0.3) is 0 Å². The first-order valence-electron chi connectivity index (χ1n) is 11.3. The Morgan fingerprint density at radius 1 is 1.24 bits per heavy atom. The number of nitriles is 1. The van der Waals surface area contributed by atoms with E-state index in [1.54, 1.807) is 19.2 Å². The van der Waals surface area contributed by atoms with E-state index in [4.69, 9.17) is 19.5 Å². The first-order valence-corrected chi connectivity index (χ1v) is 11.3. The van der Waals surface area contributed by atoms with Crippen molar-refractivity contribution in [2.75, 3.05) is 50.8 Å². The van der Waals surface area contributed by atoms with Crippen molar-refractivity contribution in [1.82, 2.24) is 0 Å². The maximum Gasteiger partial charge on any atom is 0.306 e. The minimum Gasteiger partial charge on any atom is -0.469 e. The fourth-order valence-electron chi connectivity index (χ4n) is 4.17. The molecule has 2 atom stereocenters. The van der Waals surface area contributed by atoms with Crippen LogP contribution in [0.3, 0.4) is 0 Å². The second kappa shape index (κ2) is 11.7. The molecule has 0 spiro atoms. The lowest BCUT2D eigenvalue weighted by atomic mass is 9.94. The molecule has 1 aliphatic heterocycles. The Bertz CT molecular complexity index is 968. The molecule has 2 aromatic rings. The number of methoxy groups -OCH3 is 2. The van der Waals surface area contributed by atoms with Gasteiger partial charge < -0.3 is 24.4 Å². The molecule has 2 aromatic carbocycles. The van der Waals surface area contributed by atoms with Crippen molar-refractivity contribution in [2.24, 2.45) is 5.92 Å². The zero-order valence-corrected chi connectivity index (χ0v) is 19.8. The highest BCUT2D eigenvalue weighted by Crippen LogP contribution is 2.36. The molecule has 1 unspecified atom stereocenters. The molecule has 1 N–H and O–H groups in total. The van der Waals surface area contributed by atoms with Crippen molar-refractivity contribution in [3.8, 4) is 6.07 Å². The standard InChI is InChI=1S/C26H33N3O4/c1-18(2)25-17-33-12-11-29(25)24-10-7-20(21(16-31-3)14-26(30)32-4)13-23(24)28-22-8-5-19(15-27)6-9-22/h5-10,13,18,21,25,28H,11-12,14,16-17H2,1-4H3/t21?,25-/m0/s1. The highest BCUT2D eigenvalue weighted by molar-refractivity contribution is 5.77. The number of esters is 1. The zero-order valence-electron chi connectivity index (χ0n) is 19.8. The molecule has 0 radical (unpaired) electrons. The molecule has 1 fully saturated rings. The minimum atomic E-state index is -0.268. The van der Waals surface area contributed by atoms with Crippen LogP contribution in [0.5, 0.6) is 0 Å². The average Bonchev–Trinajstić information content (AvgIpc) is 2.84. The van der Waals surface area contributed by atoms with Crippen molar-refractivity contribution in [1.29, 1.82) is 5.26 Å². The lowest BCUT2D eigenvalue weighted by Gasteiger charge is -2.40. The number of carbonyl (C=O) groups is 1. The van der Waals surface area contributed by atoms with Crippen LogP contribution >= 0.6 is 0 Å². The number of hydrogen-bond donors (Lipinski definition) is 1. The van der Waals surface area contributed by atoms with Gasteiger partial charge in [-0.25, -0.2) is 0 Å². The van der Waals surface area contributed by atoms with Crippen molar-refractivity contribution >= 4 is 23.0 Å². The fourth-order valence-corrected chi connectivity index (χ4v) is 4.17. The Morgan fingerprint density at radius 2 is 2.00 bits per heavy atom. The van der Waals surface area contributed by atoms with E-state index < -0.39 is 0 Å². The van der Waals surface area contributed by atoms with E-state index in [0.29, 0.717) is 31.3 Å². The predicted octanol–water partition coefficient (Wildman–Crippen LogP) is 4.46. The van der Waals surface area contributed by atoms with Gasteiger partial charge in [-0.2, -0.15) is 5.26 Å². The summed E-state index contributed by atoms with van der Waals surface area (Å²) in [5.74, 6) is 0.0349. The lowest BCUT2D eigenvalue weighted by Crippen LogP contribution is -2.48. The van der Waals surface area contributed by atoms with Crippen LogP contribution in [0, 0.1) is 17.2 Å². The third-order valence-electron chi connectivity index (χ3n) is 6.04. The maximum atomic E-state index is 12.0. The summed E-state index contributed by atoms with van der Waals surface area (Å²) in [6, 6.07) is 16.1. The Balaban J connectivity index is 2.02. The largest absolute Gasteiger partial charge is 0.469 e. The van der Waals surface area contributed by atoms with E-state index in [1.807, 2.05) is 12.1 Å². The van der Waals surface area contributed by atoms with Gasteiger partial charge in [0.2, 0.25) is 0 Å². The number of nitrogens with zero attached hydrogens (tertiary/aromatic N) is 2. The van der Waals surface area contributed by atoms with Gasteiger partial charge >= 0.3 is 5.97 Å². The minimum absolute atomic E-state index is 0.122. The Morgan fingerprint density at radius 3 is 2.64 bits per heavy atom. The summed E-state index contributed by atoms with van der Waals surface area (Å²) in [5.41, 5.74) is 4.52. The first-order chi connectivity index (χ1) is 16.0. The topological polar surface area (TPSA) is 83.8 Å². The van der Waals surface area contributed by atoms with E-state index in [0.717, 1.165) is 29.2 Å². The second-order valence-electron chi connectivity index (χ2n) is 8.60. The quantitative estimate of drug-likeness (QED) is 0.564. The molecule has 0 bridgehead atoms. The number of morpholine rings is 1. The molecule has 7 nitrogen and oxygen atoms in total. The van der Waals surface area contributed by atoms with Crippen LogP contribution in [-0.4, -0.2) is 52.6 Å². The van der Waals surface area contributed by atoms with Gasteiger partial charge in [0.15, 0.2) is 0 Å². The smallest absolute Gasteiger partial charge is 0.306 e. The number of rotatable bonds is 9. The summed E-state index contributed by atoms with van der Waals surface area (Å²) in [7, 11) is 3.03. The van der Waals surface area contributed by atoms with Gasteiger partial charge in [-0.05, 0) is 47.9 Å². The van der Waals surface area contributed by atoms with E-state index in [1.165, 1.54) is 7.11 Å². The molecular formula is C26H33N3O4. The van der Waals surface area contributed by atoms with Gasteiger partial charge in [0.05, 0.1) is 62.4 Å². The molecule has 1 aliphatic rings. The summed E-state index contributed by atoms with van der Waals surface area (Å²) in [5, 5.41) is 12.7. The number of ether oxygens (including phenoxy) is 3. The summed E-state index contributed by atoms with van der Waals surface area (Å²) >= 11 is 0. The normalized spacial score (nSPS) is 16.8. The van der Waals surface area contributed by atoms with E-state index in [9.17, 15) is 4.79 Å². The lowest BCUT2D eigenvalue weighted by molar-refractivity contribution is -0.141.